The molecular formula is C16H16F3N3O3S2. The number of benzene rings is 1. The van der Waals surface area contributed by atoms with Gasteiger partial charge >= 0.3 is 6.18 Å². The molecule has 3 rings (SSSR count). The van der Waals surface area contributed by atoms with E-state index in [1.54, 1.807) is 15.9 Å². The zero-order chi connectivity index (χ0) is 19.8. The SMILES string of the molecule is CS(=O)(=O)c1cccc(C(=O)N2CCN(c3ncc(C(F)(F)F)s3)CC2)c1. The summed E-state index contributed by atoms with van der Waals surface area (Å²) in [4.78, 5) is 19.0. The van der Waals surface area contributed by atoms with Crippen LogP contribution in [0.25, 0.3) is 0 Å². The number of alkyl halides is 3. The van der Waals surface area contributed by atoms with Crippen LogP contribution in [0.3, 0.4) is 0 Å². The highest BCUT2D eigenvalue weighted by Gasteiger charge is 2.34. The topological polar surface area (TPSA) is 70.6 Å². The molecule has 27 heavy (non-hydrogen) atoms. The first-order valence-electron chi connectivity index (χ1n) is 7.93. The molecule has 1 saturated heterocycles. The van der Waals surface area contributed by atoms with Gasteiger partial charge in [0.25, 0.3) is 5.91 Å². The Kier molecular flexibility index (Phi) is 5.17. The second-order valence-corrected chi connectivity index (χ2v) is 9.11. The minimum atomic E-state index is -4.42. The number of rotatable bonds is 3. The maximum atomic E-state index is 12.7. The van der Waals surface area contributed by atoms with Gasteiger partial charge in [0, 0.05) is 38.0 Å². The van der Waals surface area contributed by atoms with E-state index < -0.39 is 20.9 Å². The van der Waals surface area contributed by atoms with E-state index in [4.69, 9.17) is 0 Å². The van der Waals surface area contributed by atoms with Gasteiger partial charge in [0.15, 0.2) is 15.0 Å². The predicted molar refractivity (Wildman–Crippen MR) is 94.8 cm³/mol. The average Bonchev–Trinajstić information content (AvgIpc) is 3.11. The van der Waals surface area contributed by atoms with E-state index in [1.165, 1.54) is 18.2 Å². The van der Waals surface area contributed by atoms with Crippen molar-refractivity contribution >= 4 is 32.2 Å². The highest BCUT2D eigenvalue weighted by Crippen LogP contribution is 2.36. The summed E-state index contributed by atoms with van der Waals surface area (Å²) in [5.41, 5.74) is 0.264. The summed E-state index contributed by atoms with van der Waals surface area (Å²) < 4.78 is 61.4. The van der Waals surface area contributed by atoms with Gasteiger partial charge in [-0.3, -0.25) is 4.79 Å². The second kappa shape index (κ2) is 7.12. The van der Waals surface area contributed by atoms with Crippen LogP contribution in [-0.2, 0) is 16.0 Å². The molecule has 1 aromatic heterocycles. The lowest BCUT2D eigenvalue weighted by atomic mass is 10.2. The molecule has 0 spiro atoms. The largest absolute Gasteiger partial charge is 0.427 e. The van der Waals surface area contributed by atoms with E-state index in [-0.39, 0.29) is 21.5 Å². The number of thiazole rings is 1. The number of carbonyl (C=O) groups is 1. The quantitative estimate of drug-likeness (QED) is 0.765. The van der Waals surface area contributed by atoms with Crippen molar-refractivity contribution in [2.45, 2.75) is 11.1 Å². The lowest BCUT2D eigenvalue weighted by molar-refractivity contribution is -0.134. The Morgan fingerprint density at radius 3 is 2.41 bits per heavy atom. The van der Waals surface area contributed by atoms with Crippen molar-refractivity contribution in [3.8, 4) is 0 Å². The molecule has 1 fully saturated rings. The highest BCUT2D eigenvalue weighted by molar-refractivity contribution is 7.90. The summed E-state index contributed by atoms with van der Waals surface area (Å²) in [6.07, 6.45) is -2.54. The number of sulfone groups is 1. The molecule has 1 amide bonds. The molecule has 11 heteroatoms. The van der Waals surface area contributed by atoms with E-state index in [0.717, 1.165) is 12.5 Å². The third-order valence-electron chi connectivity index (χ3n) is 4.12. The second-order valence-electron chi connectivity index (χ2n) is 6.08. The highest BCUT2D eigenvalue weighted by atomic mass is 32.2. The fourth-order valence-electron chi connectivity index (χ4n) is 2.69. The molecule has 0 unspecified atom stereocenters. The normalized spacial score (nSPS) is 15.9. The standard InChI is InChI=1S/C16H16F3N3O3S2/c1-27(24,25)12-4-2-3-11(9-12)14(23)21-5-7-22(8-6-21)15-20-10-13(26-15)16(17,18)19/h2-4,9-10H,5-8H2,1H3. The molecule has 1 aliphatic heterocycles. The zero-order valence-electron chi connectivity index (χ0n) is 14.2. The molecule has 2 heterocycles. The van der Waals surface area contributed by atoms with Gasteiger partial charge in [-0.05, 0) is 18.2 Å². The molecule has 0 N–H and O–H groups in total. The Morgan fingerprint density at radius 1 is 1.19 bits per heavy atom. The Hall–Kier alpha value is -2.14. The van der Waals surface area contributed by atoms with Crippen molar-refractivity contribution in [1.82, 2.24) is 9.88 Å². The Labute approximate surface area is 158 Å². The fourth-order valence-corrected chi connectivity index (χ4v) is 4.19. The average molecular weight is 419 g/mol. The molecule has 6 nitrogen and oxygen atoms in total. The molecule has 0 radical (unpaired) electrons. The maximum Gasteiger partial charge on any atom is 0.427 e. The third-order valence-corrected chi connectivity index (χ3v) is 6.33. The van der Waals surface area contributed by atoms with Crippen LogP contribution < -0.4 is 4.90 Å². The molecule has 0 aliphatic carbocycles. The van der Waals surface area contributed by atoms with Crippen molar-refractivity contribution in [3.63, 3.8) is 0 Å². The van der Waals surface area contributed by atoms with Gasteiger partial charge in [0.05, 0.1) is 11.1 Å². The van der Waals surface area contributed by atoms with E-state index >= 15 is 0 Å². The van der Waals surface area contributed by atoms with Crippen LogP contribution in [0.4, 0.5) is 18.3 Å². The van der Waals surface area contributed by atoms with E-state index in [2.05, 4.69) is 4.98 Å². The number of hydrogen-bond donors (Lipinski definition) is 0. The van der Waals surface area contributed by atoms with Crippen molar-refractivity contribution in [2.75, 3.05) is 37.3 Å². The van der Waals surface area contributed by atoms with Gasteiger partial charge in [-0.1, -0.05) is 17.4 Å². The van der Waals surface area contributed by atoms with Crippen LogP contribution in [0.2, 0.25) is 0 Å². The van der Waals surface area contributed by atoms with Crippen LogP contribution in [0, 0.1) is 0 Å². The van der Waals surface area contributed by atoms with Gasteiger partial charge < -0.3 is 9.80 Å². The van der Waals surface area contributed by atoms with Crippen molar-refractivity contribution in [1.29, 1.82) is 0 Å². The number of amides is 1. The summed E-state index contributed by atoms with van der Waals surface area (Å²) in [7, 11) is -3.42. The minimum absolute atomic E-state index is 0.0643. The Morgan fingerprint density at radius 2 is 1.85 bits per heavy atom. The van der Waals surface area contributed by atoms with Gasteiger partial charge in [0.1, 0.15) is 4.88 Å². The van der Waals surface area contributed by atoms with Crippen molar-refractivity contribution in [3.05, 3.63) is 40.9 Å². The Bertz CT molecular complexity index is 949. The Balaban J connectivity index is 1.67. The molecule has 0 saturated carbocycles. The summed E-state index contributed by atoms with van der Waals surface area (Å²) >= 11 is 0.577. The van der Waals surface area contributed by atoms with Gasteiger partial charge in [-0.15, -0.1) is 0 Å². The summed E-state index contributed by atoms with van der Waals surface area (Å²) in [6.45, 7) is 1.32. The summed E-state index contributed by atoms with van der Waals surface area (Å²) in [6, 6.07) is 5.80. The van der Waals surface area contributed by atoms with Gasteiger partial charge in [-0.25, -0.2) is 13.4 Å². The number of aromatic nitrogens is 1. The van der Waals surface area contributed by atoms with E-state index in [0.29, 0.717) is 37.5 Å². The molecule has 0 atom stereocenters. The molecule has 2 aromatic rings. The maximum absolute atomic E-state index is 12.7. The molecule has 1 aliphatic rings. The van der Waals surface area contributed by atoms with Crippen LogP contribution in [-0.4, -0.2) is 56.6 Å². The van der Waals surface area contributed by atoms with Crippen molar-refractivity contribution < 1.29 is 26.4 Å². The predicted octanol–water partition coefficient (Wildman–Crippen LogP) is 2.53. The number of piperazine rings is 1. The zero-order valence-corrected chi connectivity index (χ0v) is 15.9. The van der Waals surface area contributed by atoms with Gasteiger partial charge in [-0.2, -0.15) is 13.2 Å². The van der Waals surface area contributed by atoms with E-state index in [1.807, 2.05) is 0 Å². The molecule has 146 valence electrons. The van der Waals surface area contributed by atoms with Crippen molar-refractivity contribution in [2.24, 2.45) is 0 Å². The van der Waals surface area contributed by atoms with E-state index in [9.17, 15) is 26.4 Å². The lowest BCUT2D eigenvalue weighted by Gasteiger charge is -2.34. The third kappa shape index (κ3) is 4.41. The smallest absolute Gasteiger partial charge is 0.345 e. The van der Waals surface area contributed by atoms with Crippen LogP contribution in [0.1, 0.15) is 15.2 Å². The first-order chi connectivity index (χ1) is 12.6. The first-order valence-corrected chi connectivity index (χ1v) is 10.6. The number of halogens is 3. The number of nitrogens with zero attached hydrogens (tertiary/aromatic N) is 3. The van der Waals surface area contributed by atoms with Crippen LogP contribution in [0.15, 0.2) is 35.4 Å². The monoisotopic (exact) mass is 419 g/mol. The summed E-state index contributed by atoms with van der Waals surface area (Å²) in [5, 5.41) is 0.272. The fraction of sp³-hybridized carbons (Fsp3) is 0.375. The summed E-state index contributed by atoms with van der Waals surface area (Å²) in [5.74, 6) is -0.310. The first kappa shape index (κ1) is 19.6. The number of hydrogen-bond acceptors (Lipinski definition) is 6. The van der Waals surface area contributed by atoms with Crippen LogP contribution >= 0.6 is 11.3 Å². The minimum Gasteiger partial charge on any atom is -0.345 e. The van der Waals surface area contributed by atoms with Crippen LogP contribution in [0.5, 0.6) is 0 Å². The molecular weight excluding hydrogens is 403 g/mol. The lowest BCUT2D eigenvalue weighted by Crippen LogP contribution is -2.48. The number of carbonyl (C=O) groups excluding carboxylic acids is 1. The van der Waals surface area contributed by atoms with Gasteiger partial charge in [0.2, 0.25) is 0 Å². The molecule has 0 bridgehead atoms. The molecule has 1 aromatic carbocycles. The number of anilines is 1.